The quantitative estimate of drug-likeness (QED) is 0.466. The molecule has 1 aliphatic heterocycles. The highest BCUT2D eigenvalue weighted by Crippen LogP contribution is 2.43. The summed E-state index contributed by atoms with van der Waals surface area (Å²) < 4.78 is 22.2. The highest BCUT2D eigenvalue weighted by molar-refractivity contribution is 5.96. The maximum atomic E-state index is 13.5. The lowest BCUT2D eigenvalue weighted by molar-refractivity contribution is -0.0143. The Morgan fingerprint density at radius 2 is 1.65 bits per heavy atom. The number of aryl methyl sites for hydroxylation is 1. The maximum absolute atomic E-state index is 13.5. The first kappa shape index (κ1) is 22.0. The molecular formula is C26H27N3O5. The second-order valence-corrected chi connectivity index (χ2v) is 8.58. The zero-order valence-electron chi connectivity index (χ0n) is 19.9. The van der Waals surface area contributed by atoms with Gasteiger partial charge in [0.15, 0.2) is 11.5 Å². The van der Waals surface area contributed by atoms with Gasteiger partial charge in [-0.2, -0.15) is 0 Å². The fourth-order valence-electron chi connectivity index (χ4n) is 4.94. The van der Waals surface area contributed by atoms with E-state index in [9.17, 15) is 9.59 Å². The minimum atomic E-state index is -0.513. The fraction of sp³-hybridized carbons (Fsp3) is 0.308. The van der Waals surface area contributed by atoms with Gasteiger partial charge in [-0.1, -0.05) is 36.4 Å². The average Bonchev–Trinajstić information content (AvgIpc) is 3.20. The van der Waals surface area contributed by atoms with Gasteiger partial charge >= 0.3 is 5.69 Å². The fourth-order valence-corrected chi connectivity index (χ4v) is 4.94. The molecule has 0 saturated carbocycles. The lowest BCUT2D eigenvalue weighted by Crippen LogP contribution is -2.37. The van der Waals surface area contributed by atoms with Crippen molar-refractivity contribution in [1.82, 2.24) is 13.7 Å². The molecule has 0 spiro atoms. The van der Waals surface area contributed by atoms with E-state index < -0.39 is 6.10 Å². The van der Waals surface area contributed by atoms with Crippen molar-refractivity contribution < 1.29 is 14.2 Å². The average molecular weight is 462 g/mol. The molecule has 5 rings (SSSR count). The van der Waals surface area contributed by atoms with Crippen molar-refractivity contribution in [2.45, 2.75) is 25.7 Å². The number of hydrogen-bond acceptors (Lipinski definition) is 5. The summed E-state index contributed by atoms with van der Waals surface area (Å²) in [5.41, 5.74) is 3.21. The smallest absolute Gasteiger partial charge is 0.331 e. The van der Waals surface area contributed by atoms with Crippen LogP contribution in [0.15, 0.2) is 58.1 Å². The minimum absolute atomic E-state index is 0.129. The zero-order chi connectivity index (χ0) is 24.1. The van der Waals surface area contributed by atoms with Crippen molar-refractivity contribution in [3.05, 3.63) is 80.6 Å². The molecule has 2 aromatic carbocycles. The molecule has 0 unspecified atom stereocenters. The molecule has 1 aliphatic rings. The molecule has 0 N–H and O–H groups in total. The Labute approximate surface area is 196 Å². The number of aromatic nitrogens is 3. The second kappa shape index (κ2) is 8.22. The van der Waals surface area contributed by atoms with E-state index in [1.807, 2.05) is 55.5 Å². The van der Waals surface area contributed by atoms with E-state index in [1.54, 1.807) is 25.8 Å². The predicted molar refractivity (Wildman–Crippen MR) is 130 cm³/mol. The van der Waals surface area contributed by atoms with E-state index >= 15 is 0 Å². The SMILES string of the molecule is COc1ccc([C@H]2O[C@H](C)Cn3c(-c4ccccc4)c4c(=O)n(C)c(=O)n(C)c4c32)cc1OC. The summed E-state index contributed by atoms with van der Waals surface area (Å²) in [7, 11) is 6.39. The van der Waals surface area contributed by atoms with Crippen LogP contribution in [0.2, 0.25) is 0 Å². The monoisotopic (exact) mass is 461 g/mol. The van der Waals surface area contributed by atoms with Crippen molar-refractivity contribution in [3.8, 4) is 22.8 Å². The third-order valence-electron chi connectivity index (χ3n) is 6.52. The molecule has 2 aromatic heterocycles. The molecular weight excluding hydrogens is 434 g/mol. The molecule has 3 heterocycles. The van der Waals surface area contributed by atoms with Gasteiger partial charge in [0, 0.05) is 20.6 Å². The largest absolute Gasteiger partial charge is 0.493 e. The third kappa shape index (κ3) is 3.17. The molecule has 34 heavy (non-hydrogen) atoms. The number of benzene rings is 2. The summed E-state index contributed by atoms with van der Waals surface area (Å²) in [6, 6.07) is 15.4. The van der Waals surface area contributed by atoms with Crippen LogP contribution in [-0.2, 0) is 25.4 Å². The van der Waals surface area contributed by atoms with E-state index in [0.717, 1.165) is 27.1 Å². The first-order valence-corrected chi connectivity index (χ1v) is 11.1. The topological polar surface area (TPSA) is 76.6 Å². The first-order chi connectivity index (χ1) is 16.4. The Balaban J connectivity index is 1.91. The highest BCUT2D eigenvalue weighted by atomic mass is 16.5. The van der Waals surface area contributed by atoms with Gasteiger partial charge in [0.2, 0.25) is 0 Å². The number of nitrogens with zero attached hydrogens (tertiary/aromatic N) is 3. The van der Waals surface area contributed by atoms with Crippen LogP contribution in [0.5, 0.6) is 11.5 Å². The van der Waals surface area contributed by atoms with Crippen molar-refractivity contribution in [1.29, 1.82) is 0 Å². The van der Waals surface area contributed by atoms with E-state index in [2.05, 4.69) is 4.57 Å². The van der Waals surface area contributed by atoms with E-state index in [1.165, 1.54) is 7.05 Å². The van der Waals surface area contributed by atoms with E-state index in [4.69, 9.17) is 14.2 Å². The maximum Gasteiger partial charge on any atom is 0.331 e. The van der Waals surface area contributed by atoms with Gasteiger partial charge in [0.1, 0.15) is 6.10 Å². The van der Waals surface area contributed by atoms with Gasteiger partial charge < -0.3 is 18.8 Å². The molecule has 0 radical (unpaired) electrons. The Kier molecular flexibility index (Phi) is 5.32. The van der Waals surface area contributed by atoms with Gasteiger partial charge in [-0.15, -0.1) is 0 Å². The van der Waals surface area contributed by atoms with E-state index in [0.29, 0.717) is 28.9 Å². The number of fused-ring (bicyclic) bond motifs is 3. The minimum Gasteiger partial charge on any atom is -0.493 e. The van der Waals surface area contributed by atoms with Crippen LogP contribution in [0.25, 0.3) is 22.2 Å². The van der Waals surface area contributed by atoms with Crippen LogP contribution in [0, 0.1) is 0 Å². The lowest BCUT2D eigenvalue weighted by atomic mass is 10.0. The van der Waals surface area contributed by atoms with Crippen molar-refractivity contribution in [2.24, 2.45) is 14.1 Å². The van der Waals surface area contributed by atoms with Crippen molar-refractivity contribution >= 4 is 10.9 Å². The van der Waals surface area contributed by atoms with Gasteiger partial charge in [-0.25, -0.2) is 4.79 Å². The van der Waals surface area contributed by atoms with Gasteiger partial charge in [0.25, 0.3) is 5.56 Å². The molecule has 0 aliphatic carbocycles. The Hall–Kier alpha value is -3.78. The third-order valence-corrected chi connectivity index (χ3v) is 6.52. The summed E-state index contributed by atoms with van der Waals surface area (Å²) in [5, 5.41) is 0.508. The van der Waals surface area contributed by atoms with Gasteiger partial charge in [0.05, 0.1) is 42.6 Å². The van der Waals surface area contributed by atoms with Crippen molar-refractivity contribution in [3.63, 3.8) is 0 Å². The number of hydrogen-bond donors (Lipinski definition) is 0. The van der Waals surface area contributed by atoms with Gasteiger partial charge in [-0.3, -0.25) is 13.9 Å². The molecule has 0 amide bonds. The second-order valence-electron chi connectivity index (χ2n) is 8.58. The summed E-state index contributed by atoms with van der Waals surface area (Å²) >= 11 is 0. The summed E-state index contributed by atoms with van der Waals surface area (Å²) in [5.74, 6) is 1.19. The molecule has 2 atom stereocenters. The van der Waals surface area contributed by atoms with Crippen LogP contribution >= 0.6 is 0 Å². The molecule has 8 nitrogen and oxygen atoms in total. The van der Waals surface area contributed by atoms with Crippen LogP contribution in [0.4, 0.5) is 0 Å². The molecule has 176 valence electrons. The molecule has 0 saturated heterocycles. The normalized spacial score (nSPS) is 17.6. The van der Waals surface area contributed by atoms with Gasteiger partial charge in [-0.05, 0) is 30.2 Å². The Morgan fingerprint density at radius 3 is 2.32 bits per heavy atom. The number of rotatable bonds is 4. The summed E-state index contributed by atoms with van der Waals surface area (Å²) in [6.45, 7) is 2.56. The van der Waals surface area contributed by atoms with Crippen LogP contribution < -0.4 is 20.7 Å². The predicted octanol–water partition coefficient (Wildman–Crippen LogP) is 3.23. The lowest BCUT2D eigenvalue weighted by Gasteiger charge is -2.32. The molecule has 8 heteroatoms. The van der Waals surface area contributed by atoms with E-state index in [-0.39, 0.29) is 17.4 Å². The Morgan fingerprint density at radius 1 is 0.941 bits per heavy atom. The summed E-state index contributed by atoms with van der Waals surface area (Å²) in [6.07, 6.45) is -0.642. The molecule has 4 aromatic rings. The summed E-state index contributed by atoms with van der Waals surface area (Å²) in [4.78, 5) is 26.4. The highest BCUT2D eigenvalue weighted by Gasteiger charge is 2.35. The van der Waals surface area contributed by atoms with Crippen LogP contribution in [0.3, 0.4) is 0 Å². The van der Waals surface area contributed by atoms with Crippen LogP contribution in [0.1, 0.15) is 24.3 Å². The Bertz CT molecular complexity index is 1510. The number of ether oxygens (including phenoxy) is 3. The first-order valence-electron chi connectivity index (χ1n) is 11.1. The molecule has 0 fully saturated rings. The standard InChI is InChI=1S/C26H27N3O5/c1-15-14-29-21(16-9-7-6-8-10-16)20-22(27(2)26(31)28(3)25(20)30)23(29)24(34-15)17-11-12-18(32-4)19(13-17)33-5/h6-13,15,24H,14H2,1-5H3/t15-,24-/m1/s1. The molecule has 0 bridgehead atoms. The zero-order valence-corrected chi connectivity index (χ0v) is 19.9. The van der Waals surface area contributed by atoms with Crippen molar-refractivity contribution in [2.75, 3.05) is 14.2 Å². The van der Waals surface area contributed by atoms with Crippen LogP contribution in [-0.4, -0.2) is 34.0 Å². The number of methoxy groups -OCH3 is 2.